The highest BCUT2D eigenvalue weighted by atomic mass is 79.9. The van der Waals surface area contributed by atoms with Gasteiger partial charge in [-0.2, -0.15) is 0 Å². The molecule has 2 aromatic rings. The van der Waals surface area contributed by atoms with Gasteiger partial charge >= 0.3 is 0 Å². The minimum absolute atomic E-state index is 0.181. The van der Waals surface area contributed by atoms with E-state index in [1.165, 1.54) is 0 Å². The van der Waals surface area contributed by atoms with E-state index in [0.29, 0.717) is 41.3 Å². The lowest BCUT2D eigenvalue weighted by molar-refractivity contribution is 0.0950. The lowest BCUT2D eigenvalue weighted by atomic mass is 10.1. The summed E-state index contributed by atoms with van der Waals surface area (Å²) in [5, 5.41) is 2.92. The summed E-state index contributed by atoms with van der Waals surface area (Å²) in [6, 6.07) is 11.3. The summed E-state index contributed by atoms with van der Waals surface area (Å²) in [5.41, 5.74) is 2.58. The van der Waals surface area contributed by atoms with E-state index < -0.39 is 0 Å². The second-order valence-electron chi connectivity index (χ2n) is 5.36. The van der Waals surface area contributed by atoms with Crippen LogP contribution in [0.25, 0.3) is 0 Å². The van der Waals surface area contributed by atoms with E-state index in [2.05, 4.69) is 21.2 Å². The predicted molar refractivity (Wildman–Crippen MR) is 100 cm³/mol. The van der Waals surface area contributed by atoms with Crippen molar-refractivity contribution in [3.8, 4) is 11.5 Å². The third-order valence-electron chi connectivity index (χ3n) is 3.54. The molecule has 0 aliphatic heterocycles. The number of rotatable bonds is 8. The number of carbonyl (C=O) groups is 1. The highest BCUT2D eigenvalue weighted by Gasteiger charge is 2.15. The molecule has 1 N–H and O–H groups in total. The largest absolute Gasteiger partial charge is 0.493 e. The fourth-order valence-electron chi connectivity index (χ4n) is 2.42. The summed E-state index contributed by atoms with van der Waals surface area (Å²) in [5.74, 6) is 0.927. The topological polar surface area (TPSA) is 56.8 Å². The van der Waals surface area contributed by atoms with E-state index in [4.69, 9.17) is 14.2 Å². The van der Waals surface area contributed by atoms with Gasteiger partial charge in [0.15, 0.2) is 11.5 Å². The van der Waals surface area contributed by atoms with E-state index >= 15 is 0 Å². The molecule has 0 bridgehead atoms. The van der Waals surface area contributed by atoms with Gasteiger partial charge in [-0.25, -0.2) is 0 Å². The Hall–Kier alpha value is -2.05. The highest BCUT2D eigenvalue weighted by Crippen LogP contribution is 2.36. The van der Waals surface area contributed by atoms with Gasteiger partial charge in [-0.05, 0) is 46.1 Å². The molecule has 0 aliphatic carbocycles. The first kappa shape index (κ1) is 19.3. The summed E-state index contributed by atoms with van der Waals surface area (Å²) in [6.07, 6.45) is 0. The Labute approximate surface area is 156 Å². The molecule has 134 valence electrons. The molecule has 0 heterocycles. The van der Waals surface area contributed by atoms with Gasteiger partial charge in [-0.15, -0.1) is 0 Å². The Balaban J connectivity index is 2.10. The molecule has 5 nitrogen and oxygen atoms in total. The second-order valence-corrected chi connectivity index (χ2v) is 6.21. The normalized spacial score (nSPS) is 10.4. The quantitative estimate of drug-likeness (QED) is 0.719. The van der Waals surface area contributed by atoms with Gasteiger partial charge in [0.25, 0.3) is 5.91 Å². The molecule has 0 aromatic heterocycles. The molecule has 0 fully saturated rings. The first-order valence-corrected chi connectivity index (χ1v) is 8.73. The van der Waals surface area contributed by atoms with E-state index in [1.54, 1.807) is 26.4 Å². The van der Waals surface area contributed by atoms with Crippen LogP contribution in [-0.2, 0) is 17.9 Å². The fraction of sp³-hybridized carbons (Fsp3) is 0.316. The predicted octanol–water partition coefficient (Wildman–Crippen LogP) is 3.93. The van der Waals surface area contributed by atoms with Gasteiger partial charge < -0.3 is 19.5 Å². The molecule has 25 heavy (non-hydrogen) atoms. The molecule has 0 radical (unpaired) electrons. The van der Waals surface area contributed by atoms with Crippen molar-refractivity contribution < 1.29 is 19.0 Å². The van der Waals surface area contributed by atoms with Crippen LogP contribution in [0.2, 0.25) is 0 Å². The molecule has 0 spiro atoms. The molecule has 2 rings (SSSR count). The van der Waals surface area contributed by atoms with Crippen LogP contribution in [0.4, 0.5) is 0 Å². The third-order valence-corrected chi connectivity index (χ3v) is 4.12. The first-order valence-electron chi connectivity index (χ1n) is 7.94. The summed E-state index contributed by atoms with van der Waals surface area (Å²) in [6.45, 7) is 3.39. The van der Waals surface area contributed by atoms with E-state index in [0.717, 1.165) is 11.1 Å². The minimum atomic E-state index is -0.181. The summed E-state index contributed by atoms with van der Waals surface area (Å²) in [7, 11) is 3.21. The van der Waals surface area contributed by atoms with Crippen LogP contribution in [0.15, 0.2) is 40.9 Å². The highest BCUT2D eigenvalue weighted by molar-refractivity contribution is 9.10. The van der Waals surface area contributed by atoms with E-state index in [9.17, 15) is 4.79 Å². The zero-order chi connectivity index (χ0) is 18.2. The van der Waals surface area contributed by atoms with Gasteiger partial charge in [0, 0.05) is 19.2 Å². The maximum atomic E-state index is 12.5. The number of hydrogen-bond acceptors (Lipinski definition) is 4. The van der Waals surface area contributed by atoms with Crippen molar-refractivity contribution in [3.63, 3.8) is 0 Å². The number of amides is 1. The minimum Gasteiger partial charge on any atom is -0.493 e. The van der Waals surface area contributed by atoms with Gasteiger partial charge in [0.2, 0.25) is 0 Å². The lowest BCUT2D eigenvalue weighted by Gasteiger charge is -2.13. The maximum absolute atomic E-state index is 12.5. The molecule has 0 saturated heterocycles. The molecule has 1 amide bonds. The van der Waals surface area contributed by atoms with E-state index in [1.807, 2.05) is 31.2 Å². The Morgan fingerprint density at radius 2 is 1.92 bits per heavy atom. The number of nitrogens with one attached hydrogen (secondary N) is 1. The Morgan fingerprint density at radius 3 is 2.60 bits per heavy atom. The Morgan fingerprint density at radius 1 is 1.16 bits per heavy atom. The third kappa shape index (κ3) is 5.21. The molecular formula is C19H22BrNO4. The zero-order valence-electron chi connectivity index (χ0n) is 14.6. The van der Waals surface area contributed by atoms with Crippen LogP contribution in [0.3, 0.4) is 0 Å². The van der Waals surface area contributed by atoms with Crippen molar-refractivity contribution in [2.75, 3.05) is 20.8 Å². The van der Waals surface area contributed by atoms with Gasteiger partial charge in [-0.1, -0.05) is 24.3 Å². The van der Waals surface area contributed by atoms with Crippen molar-refractivity contribution in [1.29, 1.82) is 0 Å². The molecule has 6 heteroatoms. The first-order chi connectivity index (χ1) is 12.1. The average molecular weight is 408 g/mol. The molecule has 0 unspecified atom stereocenters. The SMILES string of the molecule is CCOc1c(Br)cc(C(=O)NCc2cccc(COC)c2)cc1OC. The van der Waals surface area contributed by atoms with Gasteiger partial charge in [0.05, 0.1) is 24.8 Å². The smallest absolute Gasteiger partial charge is 0.251 e. The van der Waals surface area contributed by atoms with E-state index in [-0.39, 0.29) is 5.91 Å². The van der Waals surface area contributed by atoms with Gasteiger partial charge in [0.1, 0.15) is 0 Å². The molecule has 2 aromatic carbocycles. The molecule has 0 saturated carbocycles. The number of methoxy groups -OCH3 is 2. The van der Waals surface area contributed by atoms with Crippen LogP contribution >= 0.6 is 15.9 Å². The number of benzene rings is 2. The molecular weight excluding hydrogens is 386 g/mol. The van der Waals surface area contributed by atoms with Crippen molar-refractivity contribution in [3.05, 3.63) is 57.6 Å². The van der Waals surface area contributed by atoms with Crippen molar-refractivity contribution in [2.45, 2.75) is 20.1 Å². The number of ether oxygens (including phenoxy) is 3. The Bertz CT molecular complexity index is 733. The van der Waals surface area contributed by atoms with Crippen LogP contribution < -0.4 is 14.8 Å². The molecule has 0 aliphatic rings. The van der Waals surface area contributed by atoms with Crippen LogP contribution in [0.5, 0.6) is 11.5 Å². The van der Waals surface area contributed by atoms with Crippen molar-refractivity contribution in [2.24, 2.45) is 0 Å². The van der Waals surface area contributed by atoms with Crippen LogP contribution in [-0.4, -0.2) is 26.7 Å². The van der Waals surface area contributed by atoms with Crippen molar-refractivity contribution >= 4 is 21.8 Å². The Kier molecular flexibility index (Phi) is 7.28. The molecule has 0 atom stereocenters. The fourth-order valence-corrected chi connectivity index (χ4v) is 2.97. The monoisotopic (exact) mass is 407 g/mol. The number of hydrogen-bond donors (Lipinski definition) is 1. The summed E-state index contributed by atoms with van der Waals surface area (Å²) in [4.78, 5) is 12.5. The zero-order valence-corrected chi connectivity index (χ0v) is 16.2. The van der Waals surface area contributed by atoms with Gasteiger partial charge in [-0.3, -0.25) is 4.79 Å². The van der Waals surface area contributed by atoms with Crippen molar-refractivity contribution in [1.82, 2.24) is 5.32 Å². The number of halogens is 1. The van der Waals surface area contributed by atoms with Crippen LogP contribution in [0, 0.1) is 0 Å². The standard InChI is InChI=1S/C19H22BrNO4/c1-4-25-18-16(20)9-15(10-17(18)24-3)19(22)21-11-13-6-5-7-14(8-13)12-23-2/h5-10H,4,11-12H2,1-3H3,(H,21,22). The second kappa shape index (κ2) is 9.44. The average Bonchev–Trinajstić information content (AvgIpc) is 2.62. The number of carbonyl (C=O) groups excluding carboxylic acids is 1. The summed E-state index contributed by atoms with van der Waals surface area (Å²) < 4.78 is 16.7. The maximum Gasteiger partial charge on any atom is 0.251 e. The van der Waals surface area contributed by atoms with Crippen LogP contribution in [0.1, 0.15) is 28.4 Å². The lowest BCUT2D eigenvalue weighted by Crippen LogP contribution is -2.23. The summed E-state index contributed by atoms with van der Waals surface area (Å²) >= 11 is 3.43.